The van der Waals surface area contributed by atoms with E-state index in [0.29, 0.717) is 22.6 Å². The SMILES string of the molecule is COc1cc(OC)c2c(OC(=O)CC(C)=O)cc(OC)cc2c1. The maximum Gasteiger partial charge on any atom is 0.318 e. The van der Waals surface area contributed by atoms with E-state index in [2.05, 4.69) is 0 Å². The Labute approximate surface area is 133 Å². The number of fused-ring (bicyclic) bond motifs is 1. The molecule has 0 fully saturated rings. The van der Waals surface area contributed by atoms with Crippen molar-refractivity contribution < 1.29 is 28.5 Å². The predicted octanol–water partition coefficient (Wildman–Crippen LogP) is 2.75. The molecule has 0 unspecified atom stereocenters. The number of ether oxygens (including phenoxy) is 4. The van der Waals surface area contributed by atoms with Gasteiger partial charge in [0.15, 0.2) is 0 Å². The van der Waals surface area contributed by atoms with Crippen molar-refractivity contribution in [3.8, 4) is 23.0 Å². The number of esters is 1. The summed E-state index contributed by atoms with van der Waals surface area (Å²) in [4.78, 5) is 22.9. The first-order valence-corrected chi connectivity index (χ1v) is 6.92. The minimum absolute atomic E-state index is 0.268. The van der Waals surface area contributed by atoms with Gasteiger partial charge in [-0.2, -0.15) is 0 Å². The molecule has 0 saturated carbocycles. The average Bonchev–Trinajstić information content (AvgIpc) is 2.52. The van der Waals surface area contributed by atoms with E-state index in [9.17, 15) is 9.59 Å². The predicted molar refractivity (Wildman–Crippen MR) is 84.5 cm³/mol. The van der Waals surface area contributed by atoms with Crippen molar-refractivity contribution in [3.05, 3.63) is 24.3 Å². The molecule has 0 bridgehead atoms. The minimum atomic E-state index is -0.634. The molecule has 0 atom stereocenters. The zero-order valence-corrected chi connectivity index (χ0v) is 13.5. The topological polar surface area (TPSA) is 71.1 Å². The first kappa shape index (κ1) is 16.6. The molecule has 6 nitrogen and oxygen atoms in total. The molecular formula is C17H18O6. The lowest BCUT2D eigenvalue weighted by Crippen LogP contribution is -2.12. The number of Topliss-reactive ketones (excluding diaryl/α,β-unsaturated/α-hetero) is 1. The lowest BCUT2D eigenvalue weighted by molar-refractivity contribution is -0.137. The molecule has 122 valence electrons. The summed E-state index contributed by atoms with van der Waals surface area (Å²) in [6.45, 7) is 1.33. The number of ketones is 1. The largest absolute Gasteiger partial charge is 0.497 e. The smallest absolute Gasteiger partial charge is 0.318 e. The van der Waals surface area contributed by atoms with Crippen LogP contribution in [-0.4, -0.2) is 33.1 Å². The van der Waals surface area contributed by atoms with Crippen molar-refractivity contribution in [2.45, 2.75) is 13.3 Å². The van der Waals surface area contributed by atoms with Crippen LogP contribution in [0.2, 0.25) is 0 Å². The van der Waals surface area contributed by atoms with Gasteiger partial charge in [0, 0.05) is 12.1 Å². The Morgan fingerprint density at radius 2 is 1.43 bits per heavy atom. The molecule has 0 aliphatic heterocycles. The van der Waals surface area contributed by atoms with Crippen molar-refractivity contribution >= 4 is 22.5 Å². The standard InChI is InChI=1S/C17H18O6/c1-10(18)5-16(19)23-15-9-13(21-3)7-11-6-12(20-2)8-14(22-4)17(11)15/h6-9H,5H2,1-4H3. The summed E-state index contributed by atoms with van der Waals surface area (Å²) in [6.07, 6.45) is -0.294. The maximum absolute atomic E-state index is 11.8. The Hall–Kier alpha value is -2.76. The fourth-order valence-corrected chi connectivity index (χ4v) is 2.22. The van der Waals surface area contributed by atoms with Crippen LogP contribution in [0.4, 0.5) is 0 Å². The molecule has 0 N–H and O–H groups in total. The van der Waals surface area contributed by atoms with Crippen LogP contribution < -0.4 is 18.9 Å². The molecule has 0 heterocycles. The number of hydrogen-bond donors (Lipinski definition) is 0. The number of benzene rings is 2. The van der Waals surface area contributed by atoms with Gasteiger partial charge in [-0.25, -0.2) is 0 Å². The monoisotopic (exact) mass is 318 g/mol. The van der Waals surface area contributed by atoms with Crippen molar-refractivity contribution in [1.82, 2.24) is 0 Å². The highest BCUT2D eigenvalue weighted by Crippen LogP contribution is 2.40. The van der Waals surface area contributed by atoms with Gasteiger partial charge in [0.05, 0.1) is 26.7 Å². The molecule has 2 aromatic rings. The minimum Gasteiger partial charge on any atom is -0.497 e. The maximum atomic E-state index is 11.8. The summed E-state index contributed by atoms with van der Waals surface area (Å²) in [5, 5.41) is 1.33. The van der Waals surface area contributed by atoms with E-state index >= 15 is 0 Å². The lowest BCUT2D eigenvalue weighted by atomic mass is 10.1. The Morgan fingerprint density at radius 3 is 1.91 bits per heavy atom. The summed E-state index contributed by atoms with van der Waals surface area (Å²) in [6, 6.07) is 6.83. The lowest BCUT2D eigenvalue weighted by Gasteiger charge is -2.14. The molecule has 0 aliphatic rings. The molecule has 0 spiro atoms. The molecule has 2 rings (SSSR count). The first-order valence-electron chi connectivity index (χ1n) is 6.92. The molecule has 6 heteroatoms. The van der Waals surface area contributed by atoms with E-state index in [1.165, 1.54) is 21.1 Å². The van der Waals surface area contributed by atoms with Gasteiger partial charge in [0.25, 0.3) is 0 Å². The van der Waals surface area contributed by atoms with Crippen LogP contribution in [0, 0.1) is 0 Å². The van der Waals surface area contributed by atoms with Crippen LogP contribution in [0.15, 0.2) is 24.3 Å². The van der Waals surface area contributed by atoms with Gasteiger partial charge >= 0.3 is 5.97 Å². The second-order valence-electron chi connectivity index (χ2n) is 4.91. The number of carbonyl (C=O) groups excluding carboxylic acids is 2. The second-order valence-corrected chi connectivity index (χ2v) is 4.91. The van der Waals surface area contributed by atoms with E-state index < -0.39 is 5.97 Å². The third kappa shape index (κ3) is 3.71. The zero-order valence-electron chi connectivity index (χ0n) is 13.5. The van der Waals surface area contributed by atoms with Crippen molar-refractivity contribution in [2.75, 3.05) is 21.3 Å². The van der Waals surface area contributed by atoms with Gasteiger partial charge in [-0.05, 0) is 24.4 Å². The van der Waals surface area contributed by atoms with E-state index in [0.717, 1.165) is 5.39 Å². The van der Waals surface area contributed by atoms with Gasteiger partial charge in [-0.3, -0.25) is 9.59 Å². The summed E-state index contributed by atoms with van der Waals surface area (Å²) in [7, 11) is 4.58. The second kappa shape index (κ2) is 7.00. The molecule has 0 aliphatic carbocycles. The quantitative estimate of drug-likeness (QED) is 0.463. The molecule has 0 aromatic heterocycles. The number of methoxy groups -OCH3 is 3. The van der Waals surface area contributed by atoms with E-state index in [1.807, 2.05) is 0 Å². The van der Waals surface area contributed by atoms with Gasteiger partial charge in [-0.1, -0.05) is 0 Å². The zero-order chi connectivity index (χ0) is 17.0. The summed E-state index contributed by atoms with van der Waals surface area (Å²) >= 11 is 0. The summed E-state index contributed by atoms with van der Waals surface area (Å²) in [5.74, 6) is 0.973. The third-order valence-corrected chi connectivity index (χ3v) is 3.23. The number of carbonyl (C=O) groups is 2. The number of rotatable bonds is 6. The fourth-order valence-electron chi connectivity index (χ4n) is 2.22. The number of hydrogen-bond acceptors (Lipinski definition) is 6. The average molecular weight is 318 g/mol. The normalized spacial score (nSPS) is 10.3. The third-order valence-electron chi connectivity index (χ3n) is 3.23. The molecule has 23 heavy (non-hydrogen) atoms. The fraction of sp³-hybridized carbons (Fsp3) is 0.294. The van der Waals surface area contributed by atoms with Crippen molar-refractivity contribution in [2.24, 2.45) is 0 Å². The molecule has 2 aromatic carbocycles. The van der Waals surface area contributed by atoms with Crippen LogP contribution in [0.5, 0.6) is 23.0 Å². The van der Waals surface area contributed by atoms with Crippen LogP contribution >= 0.6 is 0 Å². The van der Waals surface area contributed by atoms with E-state index in [-0.39, 0.29) is 18.0 Å². The molecule has 0 radical (unpaired) electrons. The van der Waals surface area contributed by atoms with Crippen LogP contribution in [-0.2, 0) is 9.59 Å². The molecule has 0 amide bonds. The van der Waals surface area contributed by atoms with E-state index in [4.69, 9.17) is 18.9 Å². The highest BCUT2D eigenvalue weighted by Gasteiger charge is 2.17. The van der Waals surface area contributed by atoms with Crippen LogP contribution in [0.25, 0.3) is 10.8 Å². The highest BCUT2D eigenvalue weighted by molar-refractivity contribution is 6.00. The van der Waals surface area contributed by atoms with Crippen LogP contribution in [0.3, 0.4) is 0 Å². The first-order chi connectivity index (χ1) is 11.0. The van der Waals surface area contributed by atoms with Gasteiger partial charge in [0.2, 0.25) is 0 Å². The Kier molecular flexibility index (Phi) is 5.05. The van der Waals surface area contributed by atoms with Gasteiger partial charge in [-0.15, -0.1) is 0 Å². The van der Waals surface area contributed by atoms with Gasteiger partial charge in [0.1, 0.15) is 35.2 Å². The van der Waals surface area contributed by atoms with Crippen LogP contribution in [0.1, 0.15) is 13.3 Å². The van der Waals surface area contributed by atoms with E-state index in [1.54, 1.807) is 31.4 Å². The Balaban J connectivity index is 2.61. The summed E-state index contributed by atoms with van der Waals surface area (Å²) < 4.78 is 21.2. The summed E-state index contributed by atoms with van der Waals surface area (Å²) in [5.41, 5.74) is 0. The molecule has 0 saturated heterocycles. The highest BCUT2D eigenvalue weighted by atomic mass is 16.5. The Bertz CT molecular complexity index is 745. The Morgan fingerprint density at radius 1 is 0.870 bits per heavy atom. The van der Waals surface area contributed by atoms with Crippen molar-refractivity contribution in [1.29, 1.82) is 0 Å². The molecular weight excluding hydrogens is 300 g/mol. The van der Waals surface area contributed by atoms with Crippen molar-refractivity contribution in [3.63, 3.8) is 0 Å². The van der Waals surface area contributed by atoms with Gasteiger partial charge < -0.3 is 18.9 Å².